The predicted molar refractivity (Wildman–Crippen MR) is 82.2 cm³/mol. The van der Waals surface area contributed by atoms with Gasteiger partial charge in [-0.15, -0.1) is 6.58 Å². The normalized spacial score (nSPS) is 33.1. The molecule has 0 spiro atoms. The monoisotopic (exact) mass is 389 g/mol. The number of aliphatic hydroxyl groups excluding tert-OH is 5. The van der Waals surface area contributed by atoms with Gasteiger partial charge in [0.15, 0.2) is 0 Å². The second-order valence-electron chi connectivity index (χ2n) is 4.81. The molecule has 24 heavy (non-hydrogen) atoms. The zero-order valence-electron chi connectivity index (χ0n) is 12.2. The highest BCUT2D eigenvalue weighted by Gasteiger charge is 2.44. The Morgan fingerprint density at radius 3 is 2.46 bits per heavy atom. The zero-order valence-corrected chi connectivity index (χ0v) is 13.9. The van der Waals surface area contributed by atoms with Crippen LogP contribution in [0.5, 0.6) is 0 Å². The van der Waals surface area contributed by atoms with E-state index in [2.05, 4.69) is 16.0 Å². The van der Waals surface area contributed by atoms with Crippen LogP contribution in [0, 0.1) is 0 Å². The Hall–Kier alpha value is -0.770. The van der Waals surface area contributed by atoms with E-state index in [1.165, 1.54) is 0 Å². The third-order valence-electron chi connectivity index (χ3n) is 2.99. The quantitative estimate of drug-likeness (QED) is 0.0895. The van der Waals surface area contributed by atoms with Gasteiger partial charge in [-0.25, -0.2) is 4.28 Å². The van der Waals surface area contributed by atoms with Crippen LogP contribution in [0.1, 0.15) is 6.42 Å². The Labute approximate surface area is 142 Å². The molecule has 0 aromatic rings. The van der Waals surface area contributed by atoms with Gasteiger partial charge in [-0.2, -0.15) is 8.42 Å². The minimum atomic E-state index is -4.89. The van der Waals surface area contributed by atoms with Crippen molar-refractivity contribution in [1.29, 1.82) is 0 Å². The van der Waals surface area contributed by atoms with Crippen LogP contribution >= 0.6 is 11.8 Å². The van der Waals surface area contributed by atoms with Crippen LogP contribution in [0.3, 0.4) is 0 Å². The van der Waals surface area contributed by atoms with E-state index in [1.807, 2.05) is 0 Å². The molecule has 1 aliphatic heterocycles. The Morgan fingerprint density at radius 2 is 1.96 bits per heavy atom. The fraction of sp³-hybridized carbons (Fsp3) is 0.727. The molecule has 0 amide bonds. The van der Waals surface area contributed by atoms with Gasteiger partial charge in [0, 0.05) is 6.42 Å². The van der Waals surface area contributed by atoms with Crippen LogP contribution in [-0.2, 0) is 19.4 Å². The molecular weight excluding hydrogens is 370 g/mol. The fourth-order valence-electron chi connectivity index (χ4n) is 1.76. The van der Waals surface area contributed by atoms with E-state index in [0.717, 1.165) is 6.08 Å². The highest BCUT2D eigenvalue weighted by atomic mass is 32.3. The molecule has 1 saturated heterocycles. The van der Waals surface area contributed by atoms with Crippen molar-refractivity contribution in [2.75, 3.05) is 6.61 Å². The third kappa shape index (κ3) is 6.27. The van der Waals surface area contributed by atoms with E-state index >= 15 is 0 Å². The maximum Gasteiger partial charge on any atom is 0.466 e. The second-order valence-corrected chi connectivity index (χ2v) is 6.99. The minimum absolute atomic E-state index is 0.218. The molecule has 0 radical (unpaired) electrons. The van der Waals surface area contributed by atoms with Crippen LogP contribution in [0.25, 0.3) is 0 Å². The Balaban J connectivity index is 2.92. The van der Waals surface area contributed by atoms with Crippen molar-refractivity contribution >= 4 is 27.2 Å². The van der Waals surface area contributed by atoms with Crippen molar-refractivity contribution in [3.05, 3.63) is 12.7 Å². The average molecular weight is 389 g/mol. The largest absolute Gasteiger partial charge is 0.466 e. The Kier molecular flexibility index (Phi) is 8.04. The molecule has 6 atom stereocenters. The first-order valence-electron chi connectivity index (χ1n) is 6.59. The van der Waals surface area contributed by atoms with Gasteiger partial charge in [0.05, 0.1) is 12.7 Å². The summed E-state index contributed by atoms with van der Waals surface area (Å²) in [5.41, 5.74) is -1.26. The molecule has 1 heterocycles. The second kappa shape index (κ2) is 9.07. The van der Waals surface area contributed by atoms with Crippen molar-refractivity contribution in [3.8, 4) is 0 Å². The Bertz CT molecular complexity index is 551. The summed E-state index contributed by atoms with van der Waals surface area (Å²) < 4.78 is 38.8. The topological polar surface area (TPSA) is 186 Å². The van der Waals surface area contributed by atoms with E-state index in [9.17, 15) is 28.8 Å². The molecular formula is C11H19NO10S2. The lowest BCUT2D eigenvalue weighted by Crippen LogP contribution is -2.57. The van der Waals surface area contributed by atoms with Gasteiger partial charge in [-0.3, -0.25) is 4.55 Å². The smallest absolute Gasteiger partial charge is 0.394 e. The summed E-state index contributed by atoms with van der Waals surface area (Å²) in [5.74, 6) is 0. The SMILES string of the molecule is C=C[C@@H](O)C/C(=N\OS(=O)(=O)O)S[C@@H]1O[C@H](CO)[C@@H](O)[C@H](O)[C@H]1O. The number of rotatable bonds is 7. The first kappa shape index (κ1) is 21.3. The first-order chi connectivity index (χ1) is 11.1. The molecule has 0 unspecified atom stereocenters. The molecule has 1 fully saturated rings. The van der Waals surface area contributed by atoms with Gasteiger partial charge in [0.1, 0.15) is 34.9 Å². The van der Waals surface area contributed by atoms with E-state index < -0.39 is 53.0 Å². The van der Waals surface area contributed by atoms with Gasteiger partial charge in [-0.05, 0) is 0 Å². The van der Waals surface area contributed by atoms with Crippen LogP contribution in [-0.4, -0.2) is 86.1 Å². The maximum absolute atomic E-state index is 10.6. The lowest BCUT2D eigenvalue weighted by molar-refractivity contribution is -0.205. The standard InChI is InChI=1S/C11H19NO10S2/c1-2-5(14)3-7(12-22-24(18,19)20)23-11-10(17)9(16)8(15)6(4-13)21-11/h2,5-6,8-11,13-17H,1,3-4H2,(H,18,19,20)/b12-7+/t5-,6-,8-,9+,10-,11+/m1/s1. The summed E-state index contributed by atoms with van der Waals surface area (Å²) in [6, 6.07) is 0. The summed E-state index contributed by atoms with van der Waals surface area (Å²) >= 11 is 0.570. The molecule has 11 nitrogen and oxygen atoms in total. The van der Waals surface area contributed by atoms with Crippen molar-refractivity contribution in [2.24, 2.45) is 5.16 Å². The summed E-state index contributed by atoms with van der Waals surface area (Å²) in [7, 11) is -4.89. The van der Waals surface area contributed by atoms with Gasteiger partial charge in [-0.1, -0.05) is 23.0 Å². The van der Waals surface area contributed by atoms with E-state index in [0.29, 0.717) is 11.8 Å². The molecule has 0 aromatic carbocycles. The van der Waals surface area contributed by atoms with Crippen LogP contribution < -0.4 is 0 Å². The van der Waals surface area contributed by atoms with E-state index in [1.54, 1.807) is 0 Å². The van der Waals surface area contributed by atoms with Crippen LogP contribution in [0.2, 0.25) is 0 Å². The minimum Gasteiger partial charge on any atom is -0.394 e. The molecule has 0 aliphatic carbocycles. The van der Waals surface area contributed by atoms with Crippen molar-refractivity contribution in [2.45, 2.75) is 42.4 Å². The maximum atomic E-state index is 10.6. The molecule has 1 aliphatic rings. The van der Waals surface area contributed by atoms with Crippen LogP contribution in [0.15, 0.2) is 17.8 Å². The van der Waals surface area contributed by atoms with E-state index in [-0.39, 0.29) is 11.5 Å². The molecule has 13 heteroatoms. The number of hydrogen-bond acceptors (Lipinski definition) is 11. The highest BCUT2D eigenvalue weighted by Crippen LogP contribution is 2.30. The average Bonchev–Trinajstić information content (AvgIpc) is 2.52. The molecule has 1 rings (SSSR count). The number of thioether (sulfide) groups is 1. The number of ether oxygens (including phenoxy) is 1. The molecule has 140 valence electrons. The van der Waals surface area contributed by atoms with Gasteiger partial charge in [0.2, 0.25) is 0 Å². The van der Waals surface area contributed by atoms with Gasteiger partial charge in [0.25, 0.3) is 0 Å². The molecule has 0 bridgehead atoms. The zero-order chi connectivity index (χ0) is 18.5. The Morgan fingerprint density at radius 1 is 1.33 bits per heavy atom. The van der Waals surface area contributed by atoms with Crippen LogP contribution in [0.4, 0.5) is 0 Å². The number of nitrogens with zero attached hydrogens (tertiary/aromatic N) is 1. The summed E-state index contributed by atoms with van der Waals surface area (Å²) in [6.45, 7) is 2.67. The number of oxime groups is 1. The first-order valence-corrected chi connectivity index (χ1v) is 8.84. The third-order valence-corrected chi connectivity index (χ3v) is 4.39. The summed E-state index contributed by atoms with van der Waals surface area (Å²) in [4.78, 5) is 0. The molecule has 6 N–H and O–H groups in total. The van der Waals surface area contributed by atoms with Crippen molar-refractivity contribution in [3.63, 3.8) is 0 Å². The highest BCUT2D eigenvalue weighted by molar-refractivity contribution is 8.14. The number of hydrogen-bond donors (Lipinski definition) is 6. The summed E-state index contributed by atoms with van der Waals surface area (Å²) in [6.07, 6.45) is -6.29. The van der Waals surface area contributed by atoms with E-state index in [4.69, 9.17) is 14.4 Å². The summed E-state index contributed by atoms with van der Waals surface area (Å²) in [5, 5.41) is 50.8. The molecule has 0 aromatic heterocycles. The lowest BCUT2D eigenvalue weighted by atomic mass is 10.0. The van der Waals surface area contributed by atoms with Gasteiger partial charge >= 0.3 is 10.4 Å². The lowest BCUT2D eigenvalue weighted by Gasteiger charge is -2.39. The fourth-order valence-corrected chi connectivity index (χ4v) is 3.10. The van der Waals surface area contributed by atoms with Gasteiger partial charge < -0.3 is 30.3 Å². The number of aliphatic hydroxyl groups is 5. The van der Waals surface area contributed by atoms with Crippen molar-refractivity contribution in [1.82, 2.24) is 0 Å². The molecule has 0 saturated carbocycles. The predicted octanol–water partition coefficient (Wildman–Crippen LogP) is -2.41. The van der Waals surface area contributed by atoms with Crippen molar-refractivity contribution < 1.29 is 47.5 Å².